The third-order valence-electron chi connectivity index (χ3n) is 6.80. The van der Waals surface area contributed by atoms with Gasteiger partial charge in [-0.05, 0) is 37.5 Å². The average Bonchev–Trinajstić information content (AvgIpc) is 3.17. The Bertz CT molecular complexity index is 1240. The van der Waals surface area contributed by atoms with Gasteiger partial charge in [-0.1, -0.05) is 19.9 Å². The molecule has 1 N–H and O–H groups in total. The number of nitrogens with zero attached hydrogens (tertiary/aromatic N) is 5. The number of fused-ring (bicyclic) bond motifs is 1. The Kier molecular flexibility index (Phi) is 6.41. The predicted octanol–water partition coefficient (Wildman–Crippen LogP) is 4.25. The molecule has 4 rings (SSSR count). The highest BCUT2D eigenvalue weighted by atomic mass is 19.4. The summed E-state index contributed by atoms with van der Waals surface area (Å²) in [6.07, 6.45) is -1.68. The van der Waals surface area contributed by atoms with Crippen LogP contribution in [0, 0.1) is 5.82 Å². The summed E-state index contributed by atoms with van der Waals surface area (Å²) in [7, 11) is 1.78. The van der Waals surface area contributed by atoms with Gasteiger partial charge in [-0.3, -0.25) is 9.88 Å². The maximum Gasteiger partial charge on any atom is 0.416 e. The predicted molar refractivity (Wildman–Crippen MR) is 121 cm³/mol. The molecule has 3 aromatic rings. The molecular formula is C23H28F4N6O. The van der Waals surface area contributed by atoms with Crippen LogP contribution >= 0.6 is 0 Å². The van der Waals surface area contributed by atoms with Crippen molar-refractivity contribution in [2.24, 2.45) is 7.05 Å². The van der Waals surface area contributed by atoms with E-state index < -0.39 is 29.3 Å². The summed E-state index contributed by atoms with van der Waals surface area (Å²) in [6.45, 7) is 6.65. The van der Waals surface area contributed by atoms with Gasteiger partial charge in [-0.15, -0.1) is 0 Å². The first-order valence-electron chi connectivity index (χ1n) is 11.4. The zero-order chi connectivity index (χ0) is 24.8. The van der Waals surface area contributed by atoms with E-state index in [9.17, 15) is 22.4 Å². The molecule has 184 valence electrons. The monoisotopic (exact) mass is 480 g/mol. The number of benzene rings is 1. The van der Waals surface area contributed by atoms with Crippen LogP contribution < -0.4 is 10.6 Å². The van der Waals surface area contributed by atoms with Crippen molar-refractivity contribution in [1.29, 1.82) is 0 Å². The molecule has 0 aliphatic carbocycles. The molecule has 1 unspecified atom stereocenters. The molecule has 1 fully saturated rings. The van der Waals surface area contributed by atoms with Crippen LogP contribution in [-0.4, -0.2) is 49.6 Å². The minimum absolute atomic E-state index is 0.0528. The Balaban J connectivity index is 1.72. The number of hydrogen-bond donors (Lipinski definition) is 1. The van der Waals surface area contributed by atoms with Crippen molar-refractivity contribution in [3.63, 3.8) is 0 Å². The van der Waals surface area contributed by atoms with Gasteiger partial charge in [0.05, 0.1) is 11.9 Å². The number of aromatic nitrogens is 4. The molecule has 3 heterocycles. The van der Waals surface area contributed by atoms with E-state index in [1.165, 1.54) is 6.07 Å². The van der Waals surface area contributed by atoms with Crippen LogP contribution in [0.1, 0.15) is 50.8 Å². The Hall–Kier alpha value is -2.95. The molecule has 1 aromatic carbocycles. The van der Waals surface area contributed by atoms with Crippen molar-refractivity contribution >= 4 is 17.0 Å². The summed E-state index contributed by atoms with van der Waals surface area (Å²) in [5, 5.41) is 0. The summed E-state index contributed by atoms with van der Waals surface area (Å²) in [4.78, 5) is 27.7. The molecule has 34 heavy (non-hydrogen) atoms. The van der Waals surface area contributed by atoms with Crippen molar-refractivity contribution in [3.8, 4) is 0 Å². The highest BCUT2D eigenvalue weighted by Crippen LogP contribution is 2.39. The number of nitrogens with one attached hydrogen (secondary N) is 1. The molecule has 1 aliphatic rings. The van der Waals surface area contributed by atoms with Gasteiger partial charge >= 0.3 is 11.9 Å². The standard InChI is InChI=1S/C23H28F4N6O/c1-5-15-11-33(21-19-20(29-22(34)30-21)31(4)12-28-19)16(6-2)10-32(15)13(3)17-8-7-14(24)9-18(17)23(25,26)27/h7-9,12-13,15-16H,5-6,10-11H2,1-4H3,(H,29,30,34)/t13?,15-,16+/m1/s1. The lowest BCUT2D eigenvalue weighted by Crippen LogP contribution is -2.59. The van der Waals surface area contributed by atoms with Gasteiger partial charge in [-0.25, -0.2) is 14.2 Å². The van der Waals surface area contributed by atoms with Gasteiger partial charge in [0.25, 0.3) is 0 Å². The van der Waals surface area contributed by atoms with Gasteiger partial charge < -0.3 is 9.47 Å². The van der Waals surface area contributed by atoms with Gasteiger partial charge in [-0.2, -0.15) is 18.2 Å². The summed E-state index contributed by atoms with van der Waals surface area (Å²) in [6, 6.07) is 2.09. The van der Waals surface area contributed by atoms with E-state index in [2.05, 4.69) is 24.8 Å². The van der Waals surface area contributed by atoms with Crippen molar-refractivity contribution in [2.75, 3.05) is 18.0 Å². The minimum Gasteiger partial charge on any atom is -0.349 e. The van der Waals surface area contributed by atoms with Gasteiger partial charge in [0.2, 0.25) is 0 Å². The maximum absolute atomic E-state index is 13.7. The van der Waals surface area contributed by atoms with E-state index in [1.54, 1.807) is 24.9 Å². The number of anilines is 1. The maximum atomic E-state index is 13.7. The molecule has 1 saturated heterocycles. The van der Waals surface area contributed by atoms with Crippen molar-refractivity contribution < 1.29 is 17.6 Å². The number of H-pyrrole nitrogens is 1. The lowest BCUT2D eigenvalue weighted by Gasteiger charge is -2.49. The van der Waals surface area contributed by atoms with Crippen LogP contribution in [-0.2, 0) is 13.2 Å². The van der Waals surface area contributed by atoms with Gasteiger partial charge in [0.15, 0.2) is 5.82 Å². The fourth-order valence-corrected chi connectivity index (χ4v) is 4.96. The number of halogens is 4. The van der Waals surface area contributed by atoms with E-state index in [0.717, 1.165) is 6.07 Å². The van der Waals surface area contributed by atoms with Crippen LogP contribution in [0.4, 0.5) is 23.4 Å². The van der Waals surface area contributed by atoms with Crippen LogP contribution in [0.25, 0.3) is 11.2 Å². The lowest BCUT2D eigenvalue weighted by molar-refractivity contribution is -0.139. The zero-order valence-electron chi connectivity index (χ0n) is 19.5. The lowest BCUT2D eigenvalue weighted by atomic mass is 9.94. The fraction of sp³-hybridized carbons (Fsp3) is 0.522. The first kappa shape index (κ1) is 24.2. The van der Waals surface area contributed by atoms with Crippen LogP contribution in [0.2, 0.25) is 0 Å². The van der Waals surface area contributed by atoms with E-state index >= 15 is 0 Å². The summed E-state index contributed by atoms with van der Waals surface area (Å²) < 4.78 is 56.5. The first-order valence-corrected chi connectivity index (χ1v) is 11.4. The Morgan fingerprint density at radius 2 is 1.88 bits per heavy atom. The van der Waals surface area contributed by atoms with Crippen LogP contribution in [0.15, 0.2) is 29.3 Å². The van der Waals surface area contributed by atoms with E-state index in [1.807, 2.05) is 13.8 Å². The Morgan fingerprint density at radius 3 is 2.53 bits per heavy atom. The SMILES string of the molecule is CC[C@H]1CN(C(C)c2ccc(F)cc2C(F)(F)F)[C@H](CC)CN1c1nc(=O)[nH]c2c1ncn2C. The molecule has 0 amide bonds. The molecular weight excluding hydrogens is 452 g/mol. The Labute approximate surface area is 194 Å². The molecule has 0 bridgehead atoms. The molecule has 3 atom stereocenters. The number of aromatic amines is 1. The third kappa shape index (κ3) is 4.28. The minimum atomic E-state index is -4.65. The van der Waals surface area contributed by atoms with Crippen molar-refractivity contribution in [2.45, 2.75) is 57.9 Å². The second-order valence-electron chi connectivity index (χ2n) is 8.80. The van der Waals surface area contributed by atoms with Crippen LogP contribution in [0.3, 0.4) is 0 Å². The zero-order valence-corrected chi connectivity index (χ0v) is 19.5. The normalized spacial score (nSPS) is 20.8. The van der Waals surface area contributed by atoms with Crippen molar-refractivity contribution in [3.05, 3.63) is 52.0 Å². The molecule has 7 nitrogen and oxygen atoms in total. The number of piperazine rings is 1. The topological polar surface area (TPSA) is 70.1 Å². The van der Waals surface area contributed by atoms with Crippen LogP contribution in [0.5, 0.6) is 0 Å². The van der Waals surface area contributed by atoms with Crippen molar-refractivity contribution in [1.82, 2.24) is 24.4 Å². The second kappa shape index (κ2) is 9.01. The molecule has 0 radical (unpaired) electrons. The number of hydrogen-bond acceptors (Lipinski definition) is 5. The highest BCUT2D eigenvalue weighted by molar-refractivity contribution is 5.83. The van der Waals surface area contributed by atoms with Gasteiger partial charge in [0.1, 0.15) is 17.0 Å². The Morgan fingerprint density at radius 1 is 1.18 bits per heavy atom. The number of alkyl halides is 3. The molecule has 0 saturated carbocycles. The largest absolute Gasteiger partial charge is 0.416 e. The number of aryl methyl sites for hydroxylation is 1. The summed E-state index contributed by atoms with van der Waals surface area (Å²) in [5.41, 5.74) is -0.232. The first-order chi connectivity index (χ1) is 16.0. The smallest absolute Gasteiger partial charge is 0.349 e. The average molecular weight is 481 g/mol. The van der Waals surface area contributed by atoms with E-state index in [0.29, 0.717) is 49.0 Å². The van der Waals surface area contributed by atoms with Gasteiger partial charge in [0, 0.05) is 38.3 Å². The quantitative estimate of drug-likeness (QED) is 0.553. The number of rotatable bonds is 5. The highest BCUT2D eigenvalue weighted by Gasteiger charge is 2.40. The molecule has 1 aliphatic heterocycles. The summed E-state index contributed by atoms with van der Waals surface area (Å²) >= 11 is 0. The molecule has 0 spiro atoms. The fourth-order valence-electron chi connectivity index (χ4n) is 4.96. The number of imidazole rings is 1. The second-order valence-corrected chi connectivity index (χ2v) is 8.80. The van der Waals surface area contributed by atoms with E-state index in [-0.39, 0.29) is 17.6 Å². The summed E-state index contributed by atoms with van der Waals surface area (Å²) in [5.74, 6) is -0.430. The van der Waals surface area contributed by atoms with E-state index in [4.69, 9.17) is 0 Å². The molecule has 2 aromatic heterocycles. The third-order valence-corrected chi connectivity index (χ3v) is 6.80. The molecule has 11 heteroatoms.